The van der Waals surface area contributed by atoms with E-state index in [1.807, 2.05) is 47.4 Å². The van der Waals surface area contributed by atoms with Crippen LogP contribution in [-0.2, 0) is 11.3 Å². The third kappa shape index (κ3) is 4.98. The van der Waals surface area contributed by atoms with Gasteiger partial charge in [0.15, 0.2) is 0 Å². The number of fused-ring (bicyclic) bond motifs is 1. The quantitative estimate of drug-likeness (QED) is 0.608. The molecule has 1 aliphatic heterocycles. The molecular formula is C21H22ClN5OS. The van der Waals surface area contributed by atoms with Crippen LogP contribution in [0.3, 0.4) is 0 Å². The molecule has 3 aromatic rings. The average molecular weight is 428 g/mol. The number of hydrogen-bond donors (Lipinski definition) is 1. The molecule has 0 spiro atoms. The molecule has 1 fully saturated rings. The maximum absolute atomic E-state index is 12.6. The first kappa shape index (κ1) is 19.9. The van der Waals surface area contributed by atoms with E-state index in [0.717, 1.165) is 46.9 Å². The van der Waals surface area contributed by atoms with Crippen LogP contribution >= 0.6 is 23.4 Å². The summed E-state index contributed by atoms with van der Waals surface area (Å²) >= 11 is 7.70. The Labute approximate surface area is 179 Å². The number of anilines is 1. The molecule has 0 atom stereocenters. The van der Waals surface area contributed by atoms with Crippen molar-refractivity contribution in [1.82, 2.24) is 19.8 Å². The monoisotopic (exact) mass is 427 g/mol. The van der Waals surface area contributed by atoms with Crippen molar-refractivity contribution >= 4 is 46.0 Å². The smallest absolute Gasteiger partial charge is 0.237 e. The maximum atomic E-state index is 12.6. The molecule has 8 heteroatoms. The van der Waals surface area contributed by atoms with E-state index in [2.05, 4.69) is 14.9 Å². The molecule has 6 nitrogen and oxygen atoms in total. The number of carbonyl (C=O) groups is 1. The van der Waals surface area contributed by atoms with Crippen LogP contribution < -0.4 is 5.73 Å². The van der Waals surface area contributed by atoms with Gasteiger partial charge in [-0.1, -0.05) is 17.7 Å². The Hall–Kier alpha value is -2.35. The molecular weight excluding hydrogens is 406 g/mol. The summed E-state index contributed by atoms with van der Waals surface area (Å²) < 4.78 is 0. The van der Waals surface area contributed by atoms with Crippen LogP contribution in [0.25, 0.3) is 10.9 Å². The number of carbonyl (C=O) groups excluding carboxylic acids is 1. The minimum atomic E-state index is 0.162. The molecule has 1 saturated heterocycles. The number of nitrogen functional groups attached to an aromatic ring is 1. The number of thioether (sulfide) groups is 1. The maximum Gasteiger partial charge on any atom is 0.237 e. The van der Waals surface area contributed by atoms with Crippen LogP contribution in [0.5, 0.6) is 0 Å². The van der Waals surface area contributed by atoms with Crippen molar-refractivity contribution in [2.24, 2.45) is 0 Å². The largest absolute Gasteiger partial charge is 0.383 e. The second-order valence-electron chi connectivity index (χ2n) is 7.00. The molecule has 150 valence electrons. The minimum Gasteiger partial charge on any atom is -0.383 e. The SMILES string of the molecule is Nc1ncnc2cc(CN3CCN(CCSc4ccc(Cl)cc4)CC3=O)ccc12. The van der Waals surface area contributed by atoms with Crippen molar-refractivity contribution in [3.63, 3.8) is 0 Å². The first-order valence-electron chi connectivity index (χ1n) is 9.46. The highest BCUT2D eigenvalue weighted by Crippen LogP contribution is 2.21. The molecule has 0 aliphatic carbocycles. The summed E-state index contributed by atoms with van der Waals surface area (Å²) in [4.78, 5) is 26.2. The zero-order valence-electron chi connectivity index (χ0n) is 15.9. The highest BCUT2D eigenvalue weighted by atomic mass is 35.5. The lowest BCUT2D eigenvalue weighted by atomic mass is 10.1. The van der Waals surface area contributed by atoms with Crippen molar-refractivity contribution in [3.8, 4) is 0 Å². The van der Waals surface area contributed by atoms with Crippen molar-refractivity contribution in [2.75, 3.05) is 37.7 Å². The molecule has 2 N–H and O–H groups in total. The molecule has 4 rings (SSSR count). The van der Waals surface area contributed by atoms with E-state index >= 15 is 0 Å². The molecule has 2 heterocycles. The van der Waals surface area contributed by atoms with Gasteiger partial charge in [0.2, 0.25) is 5.91 Å². The summed E-state index contributed by atoms with van der Waals surface area (Å²) in [5.74, 6) is 1.58. The summed E-state index contributed by atoms with van der Waals surface area (Å²) in [6.07, 6.45) is 1.47. The average Bonchev–Trinajstić information content (AvgIpc) is 2.72. The topological polar surface area (TPSA) is 75.3 Å². The number of piperazine rings is 1. The van der Waals surface area contributed by atoms with Crippen LogP contribution in [0.15, 0.2) is 53.7 Å². The number of nitrogens with two attached hydrogens (primary N) is 1. The predicted molar refractivity (Wildman–Crippen MR) is 118 cm³/mol. The van der Waals surface area contributed by atoms with E-state index in [9.17, 15) is 4.79 Å². The standard InChI is InChI=1S/C21H22ClN5OS/c22-16-2-4-17(5-3-16)29-10-9-26-7-8-27(20(28)13-26)12-15-1-6-18-19(11-15)24-14-25-21(18)23/h1-6,11,14H,7-10,12-13H2,(H2,23,24,25). The fraction of sp³-hybridized carbons (Fsp3) is 0.286. The molecule has 0 bridgehead atoms. The Morgan fingerprint density at radius 2 is 1.93 bits per heavy atom. The Morgan fingerprint density at radius 1 is 1.10 bits per heavy atom. The van der Waals surface area contributed by atoms with Crippen LogP contribution in [0, 0.1) is 0 Å². The second kappa shape index (κ2) is 8.98. The van der Waals surface area contributed by atoms with E-state index < -0.39 is 0 Å². The van der Waals surface area contributed by atoms with Crippen LogP contribution in [0.1, 0.15) is 5.56 Å². The van der Waals surface area contributed by atoms with Gasteiger partial charge in [-0.2, -0.15) is 0 Å². The Morgan fingerprint density at radius 3 is 2.72 bits per heavy atom. The zero-order valence-corrected chi connectivity index (χ0v) is 17.5. The first-order valence-corrected chi connectivity index (χ1v) is 10.8. The van der Waals surface area contributed by atoms with Crippen molar-refractivity contribution in [1.29, 1.82) is 0 Å². The lowest BCUT2D eigenvalue weighted by Gasteiger charge is -2.34. The summed E-state index contributed by atoms with van der Waals surface area (Å²) in [6, 6.07) is 13.8. The van der Waals surface area contributed by atoms with Crippen LogP contribution in [-0.4, -0.2) is 57.6 Å². The second-order valence-corrected chi connectivity index (χ2v) is 8.61. The summed E-state index contributed by atoms with van der Waals surface area (Å²) in [6.45, 7) is 3.55. The highest BCUT2D eigenvalue weighted by molar-refractivity contribution is 7.99. The van der Waals surface area contributed by atoms with E-state index in [1.54, 1.807) is 11.8 Å². The summed E-state index contributed by atoms with van der Waals surface area (Å²) in [5.41, 5.74) is 7.74. The van der Waals surface area contributed by atoms with Crippen molar-refractivity contribution in [3.05, 3.63) is 59.4 Å². The summed E-state index contributed by atoms with van der Waals surface area (Å²) in [5, 5.41) is 1.59. The zero-order chi connectivity index (χ0) is 20.2. The molecule has 1 aromatic heterocycles. The summed E-state index contributed by atoms with van der Waals surface area (Å²) in [7, 11) is 0. The molecule has 0 unspecified atom stereocenters. The number of halogens is 1. The number of amides is 1. The highest BCUT2D eigenvalue weighted by Gasteiger charge is 2.23. The van der Waals surface area contributed by atoms with Gasteiger partial charge >= 0.3 is 0 Å². The van der Waals surface area contributed by atoms with E-state index in [4.69, 9.17) is 17.3 Å². The fourth-order valence-corrected chi connectivity index (χ4v) is 4.42. The van der Waals surface area contributed by atoms with E-state index in [-0.39, 0.29) is 5.91 Å². The first-order chi connectivity index (χ1) is 14.1. The lowest BCUT2D eigenvalue weighted by molar-refractivity contribution is -0.136. The number of aromatic nitrogens is 2. The molecule has 1 amide bonds. The molecule has 29 heavy (non-hydrogen) atoms. The lowest BCUT2D eigenvalue weighted by Crippen LogP contribution is -2.50. The van der Waals surface area contributed by atoms with Gasteiger partial charge in [-0.15, -0.1) is 11.8 Å². The van der Waals surface area contributed by atoms with Gasteiger partial charge < -0.3 is 10.6 Å². The Kier molecular flexibility index (Phi) is 6.18. The van der Waals surface area contributed by atoms with Crippen molar-refractivity contribution in [2.45, 2.75) is 11.4 Å². The van der Waals surface area contributed by atoms with E-state index in [1.165, 1.54) is 11.2 Å². The van der Waals surface area contributed by atoms with Gasteiger partial charge in [0, 0.05) is 47.2 Å². The van der Waals surface area contributed by atoms with Gasteiger partial charge in [-0.05, 0) is 42.0 Å². The predicted octanol–water partition coefficient (Wildman–Crippen LogP) is 3.30. The van der Waals surface area contributed by atoms with Crippen molar-refractivity contribution < 1.29 is 4.79 Å². The number of nitrogens with zero attached hydrogens (tertiary/aromatic N) is 4. The number of benzene rings is 2. The normalized spacial score (nSPS) is 15.2. The van der Waals surface area contributed by atoms with Gasteiger partial charge in [0.1, 0.15) is 12.1 Å². The Bertz CT molecular complexity index is 1010. The fourth-order valence-electron chi connectivity index (χ4n) is 3.38. The minimum absolute atomic E-state index is 0.162. The Balaban J connectivity index is 1.29. The molecule has 0 saturated carbocycles. The van der Waals surface area contributed by atoms with Gasteiger partial charge in [0.25, 0.3) is 0 Å². The van der Waals surface area contributed by atoms with E-state index in [0.29, 0.717) is 18.9 Å². The molecule has 0 radical (unpaired) electrons. The van der Waals surface area contributed by atoms with Gasteiger partial charge in [0.05, 0.1) is 12.1 Å². The molecule has 1 aliphatic rings. The third-order valence-electron chi connectivity index (χ3n) is 4.99. The van der Waals surface area contributed by atoms with Gasteiger partial charge in [-0.3, -0.25) is 9.69 Å². The number of hydrogen-bond acceptors (Lipinski definition) is 6. The van der Waals surface area contributed by atoms with Gasteiger partial charge in [-0.25, -0.2) is 9.97 Å². The van der Waals surface area contributed by atoms with Crippen LogP contribution in [0.4, 0.5) is 5.82 Å². The van der Waals surface area contributed by atoms with Crippen LogP contribution in [0.2, 0.25) is 5.02 Å². The third-order valence-corrected chi connectivity index (χ3v) is 6.24. The molecule has 2 aromatic carbocycles. The number of rotatable bonds is 6.